The van der Waals surface area contributed by atoms with E-state index in [9.17, 15) is 0 Å². The van der Waals surface area contributed by atoms with Crippen LogP contribution in [0.3, 0.4) is 0 Å². The van der Waals surface area contributed by atoms with E-state index in [2.05, 4.69) is 5.32 Å². The molecule has 0 radical (unpaired) electrons. The highest BCUT2D eigenvalue weighted by Gasteiger charge is 2.14. The molecule has 1 aliphatic rings. The molecule has 0 amide bonds. The van der Waals surface area contributed by atoms with Crippen molar-refractivity contribution in [3.8, 4) is 0 Å². The Labute approximate surface area is 104 Å². The number of furan rings is 1. The quantitative estimate of drug-likeness (QED) is 0.798. The third-order valence-corrected chi connectivity index (χ3v) is 3.45. The average molecular weight is 237 g/mol. The topological polar surface area (TPSA) is 34.4 Å². The summed E-state index contributed by atoms with van der Waals surface area (Å²) in [5, 5.41) is 3.11. The Kier molecular flexibility index (Phi) is 5.08. The molecule has 0 bridgehead atoms. The van der Waals surface area contributed by atoms with Crippen molar-refractivity contribution >= 4 is 0 Å². The molecule has 1 N–H and O–H groups in total. The summed E-state index contributed by atoms with van der Waals surface area (Å²) < 4.78 is 11.4. The molecule has 0 atom stereocenters. The lowest BCUT2D eigenvalue weighted by Crippen LogP contribution is -2.13. The van der Waals surface area contributed by atoms with Gasteiger partial charge in [-0.05, 0) is 26.0 Å². The van der Waals surface area contributed by atoms with Crippen LogP contribution in [-0.2, 0) is 17.9 Å². The number of ether oxygens (including phenoxy) is 1. The van der Waals surface area contributed by atoms with Crippen LogP contribution < -0.4 is 5.32 Å². The molecule has 1 aromatic rings. The van der Waals surface area contributed by atoms with Gasteiger partial charge in [0.05, 0.1) is 25.5 Å². The predicted octanol–water partition coefficient (Wildman–Crippen LogP) is 3.24. The lowest BCUT2D eigenvalue weighted by atomic mass is 10.1. The summed E-state index contributed by atoms with van der Waals surface area (Å²) in [6.07, 6.45) is 10.0. The molecule has 0 saturated heterocycles. The van der Waals surface area contributed by atoms with Gasteiger partial charge in [-0.3, -0.25) is 0 Å². The summed E-state index contributed by atoms with van der Waals surface area (Å²) in [6, 6.07) is 2.02. The second kappa shape index (κ2) is 6.82. The van der Waals surface area contributed by atoms with Crippen LogP contribution in [0.2, 0.25) is 0 Å². The second-order valence-corrected chi connectivity index (χ2v) is 4.82. The standard InChI is InChI=1S/C14H23NO2/c1-15-10-14-12(8-9-16-14)11-17-13-6-4-2-3-5-7-13/h8-9,13,15H,2-7,10-11H2,1H3. The van der Waals surface area contributed by atoms with Crippen molar-refractivity contribution in [1.29, 1.82) is 0 Å². The molecule has 1 aliphatic carbocycles. The van der Waals surface area contributed by atoms with Gasteiger partial charge in [0.1, 0.15) is 5.76 Å². The van der Waals surface area contributed by atoms with Gasteiger partial charge >= 0.3 is 0 Å². The smallest absolute Gasteiger partial charge is 0.123 e. The van der Waals surface area contributed by atoms with Gasteiger partial charge in [0, 0.05) is 5.56 Å². The van der Waals surface area contributed by atoms with E-state index in [0.717, 1.165) is 12.3 Å². The van der Waals surface area contributed by atoms with E-state index in [1.165, 1.54) is 44.1 Å². The number of hydrogen-bond donors (Lipinski definition) is 1. The van der Waals surface area contributed by atoms with Gasteiger partial charge in [-0.25, -0.2) is 0 Å². The minimum absolute atomic E-state index is 0.454. The molecule has 0 aromatic carbocycles. The summed E-state index contributed by atoms with van der Waals surface area (Å²) in [5.41, 5.74) is 1.18. The van der Waals surface area contributed by atoms with Crippen LogP contribution in [0, 0.1) is 0 Å². The van der Waals surface area contributed by atoms with E-state index in [0.29, 0.717) is 12.7 Å². The van der Waals surface area contributed by atoms with Gasteiger partial charge < -0.3 is 14.5 Å². The van der Waals surface area contributed by atoms with Gasteiger partial charge in [0.25, 0.3) is 0 Å². The highest BCUT2D eigenvalue weighted by molar-refractivity contribution is 5.15. The molecule has 3 heteroatoms. The minimum atomic E-state index is 0.454. The molecular weight excluding hydrogens is 214 g/mol. The summed E-state index contributed by atoms with van der Waals surface area (Å²) in [5.74, 6) is 1.00. The summed E-state index contributed by atoms with van der Waals surface area (Å²) in [4.78, 5) is 0. The van der Waals surface area contributed by atoms with Gasteiger partial charge in [0.15, 0.2) is 0 Å². The SMILES string of the molecule is CNCc1occc1COC1CCCCCC1. The van der Waals surface area contributed by atoms with Crippen LogP contribution in [0.5, 0.6) is 0 Å². The van der Waals surface area contributed by atoms with Crippen LogP contribution in [0.15, 0.2) is 16.7 Å². The van der Waals surface area contributed by atoms with Crippen LogP contribution in [-0.4, -0.2) is 13.2 Å². The third-order valence-electron chi connectivity index (χ3n) is 3.45. The number of nitrogens with one attached hydrogen (secondary N) is 1. The lowest BCUT2D eigenvalue weighted by Gasteiger charge is -2.15. The maximum absolute atomic E-state index is 6.01. The fourth-order valence-electron chi connectivity index (χ4n) is 2.43. The summed E-state index contributed by atoms with van der Waals surface area (Å²) >= 11 is 0. The third kappa shape index (κ3) is 3.86. The molecule has 1 saturated carbocycles. The van der Waals surface area contributed by atoms with Crippen molar-refractivity contribution in [2.24, 2.45) is 0 Å². The highest BCUT2D eigenvalue weighted by atomic mass is 16.5. The van der Waals surface area contributed by atoms with E-state index >= 15 is 0 Å². The fraction of sp³-hybridized carbons (Fsp3) is 0.714. The molecule has 2 rings (SSSR count). The van der Waals surface area contributed by atoms with Crippen molar-refractivity contribution < 1.29 is 9.15 Å². The van der Waals surface area contributed by atoms with E-state index in [1.54, 1.807) is 6.26 Å². The Bertz CT molecular complexity index is 314. The van der Waals surface area contributed by atoms with Gasteiger partial charge in [-0.1, -0.05) is 25.7 Å². The molecule has 0 aliphatic heterocycles. The fourth-order valence-corrected chi connectivity index (χ4v) is 2.43. The Hall–Kier alpha value is -0.800. The van der Waals surface area contributed by atoms with Crippen LogP contribution in [0.1, 0.15) is 49.8 Å². The monoisotopic (exact) mass is 237 g/mol. The van der Waals surface area contributed by atoms with Crippen molar-refractivity contribution in [1.82, 2.24) is 5.32 Å². The zero-order valence-corrected chi connectivity index (χ0v) is 10.7. The molecule has 96 valence electrons. The Morgan fingerprint density at radius 1 is 1.29 bits per heavy atom. The van der Waals surface area contributed by atoms with Crippen molar-refractivity contribution in [3.63, 3.8) is 0 Å². The molecule has 0 spiro atoms. The predicted molar refractivity (Wildman–Crippen MR) is 67.8 cm³/mol. The van der Waals surface area contributed by atoms with E-state index in [-0.39, 0.29) is 0 Å². The molecular formula is C14H23NO2. The first-order valence-electron chi connectivity index (χ1n) is 6.71. The van der Waals surface area contributed by atoms with Crippen molar-refractivity contribution in [2.45, 2.75) is 57.8 Å². The Morgan fingerprint density at radius 2 is 2.06 bits per heavy atom. The van der Waals surface area contributed by atoms with Gasteiger partial charge in [0.2, 0.25) is 0 Å². The molecule has 1 heterocycles. The zero-order valence-electron chi connectivity index (χ0n) is 10.7. The summed E-state index contributed by atoms with van der Waals surface area (Å²) in [7, 11) is 1.93. The first-order valence-corrected chi connectivity index (χ1v) is 6.71. The second-order valence-electron chi connectivity index (χ2n) is 4.82. The first-order chi connectivity index (χ1) is 8.40. The first kappa shape index (κ1) is 12.7. The van der Waals surface area contributed by atoms with E-state index in [4.69, 9.17) is 9.15 Å². The Balaban J connectivity index is 1.81. The maximum atomic E-state index is 6.01. The molecule has 1 aromatic heterocycles. The highest BCUT2D eigenvalue weighted by Crippen LogP contribution is 2.21. The van der Waals surface area contributed by atoms with Crippen molar-refractivity contribution in [2.75, 3.05) is 7.05 Å². The zero-order chi connectivity index (χ0) is 11.9. The minimum Gasteiger partial charge on any atom is -0.468 e. The van der Waals surface area contributed by atoms with Crippen LogP contribution in [0.4, 0.5) is 0 Å². The Morgan fingerprint density at radius 3 is 2.76 bits per heavy atom. The molecule has 0 unspecified atom stereocenters. The van der Waals surface area contributed by atoms with Crippen LogP contribution >= 0.6 is 0 Å². The van der Waals surface area contributed by atoms with Crippen LogP contribution in [0.25, 0.3) is 0 Å². The van der Waals surface area contributed by atoms with Gasteiger partial charge in [-0.15, -0.1) is 0 Å². The summed E-state index contributed by atoms with van der Waals surface area (Å²) in [6.45, 7) is 1.47. The van der Waals surface area contributed by atoms with Crippen molar-refractivity contribution in [3.05, 3.63) is 23.7 Å². The maximum Gasteiger partial charge on any atom is 0.123 e. The molecule has 1 fully saturated rings. The number of hydrogen-bond acceptors (Lipinski definition) is 3. The lowest BCUT2D eigenvalue weighted by molar-refractivity contribution is 0.0302. The molecule has 17 heavy (non-hydrogen) atoms. The average Bonchev–Trinajstić information content (AvgIpc) is 2.63. The van der Waals surface area contributed by atoms with E-state index < -0.39 is 0 Å². The van der Waals surface area contributed by atoms with E-state index in [1.807, 2.05) is 13.1 Å². The van der Waals surface area contributed by atoms with Gasteiger partial charge in [-0.2, -0.15) is 0 Å². The number of rotatable bonds is 5. The molecule has 3 nitrogen and oxygen atoms in total. The normalized spacial score (nSPS) is 18.2. The largest absolute Gasteiger partial charge is 0.468 e.